The van der Waals surface area contributed by atoms with Gasteiger partial charge in [0.2, 0.25) is 0 Å². The maximum absolute atomic E-state index is 13.0. The summed E-state index contributed by atoms with van der Waals surface area (Å²) in [6, 6.07) is 0. The summed E-state index contributed by atoms with van der Waals surface area (Å²) in [4.78, 5) is 21.7. The number of sulfonamides is 1. The third-order valence-corrected chi connectivity index (χ3v) is 9.53. The zero-order valence-corrected chi connectivity index (χ0v) is 17.5. The molecule has 0 unspecified atom stereocenters. The van der Waals surface area contributed by atoms with Crippen LogP contribution >= 0.6 is 11.3 Å². The average Bonchev–Trinajstić information content (AvgIpc) is 3.16. The molecule has 1 N–H and O–H groups in total. The molecule has 1 aromatic heterocycles. The van der Waals surface area contributed by atoms with Gasteiger partial charge in [0.05, 0.1) is 10.7 Å². The van der Waals surface area contributed by atoms with Crippen LogP contribution < -0.4 is 5.32 Å². The van der Waals surface area contributed by atoms with Gasteiger partial charge in [0.15, 0.2) is 4.21 Å². The second-order valence-electron chi connectivity index (χ2n) is 7.83. The predicted molar refractivity (Wildman–Crippen MR) is 104 cm³/mol. The number of amides is 1. The van der Waals surface area contributed by atoms with E-state index in [-0.39, 0.29) is 5.91 Å². The average molecular weight is 411 g/mol. The maximum atomic E-state index is 13.0. The SMILES string of the molecule is Cc1nc(C)c(S(=O)(=O)N2CCC3(CC2)N=C(C2CCCCC2)NC3=O)s1. The van der Waals surface area contributed by atoms with E-state index in [0.717, 1.165) is 23.7 Å². The lowest BCUT2D eigenvalue weighted by Gasteiger charge is -2.34. The van der Waals surface area contributed by atoms with Crippen molar-refractivity contribution in [1.82, 2.24) is 14.6 Å². The summed E-state index contributed by atoms with van der Waals surface area (Å²) in [6.45, 7) is 4.17. The minimum absolute atomic E-state index is 0.0510. The van der Waals surface area contributed by atoms with Crippen molar-refractivity contribution in [3.63, 3.8) is 0 Å². The van der Waals surface area contributed by atoms with Crippen LogP contribution in [0.15, 0.2) is 9.20 Å². The van der Waals surface area contributed by atoms with Crippen molar-refractivity contribution in [1.29, 1.82) is 0 Å². The minimum atomic E-state index is -3.56. The fraction of sp³-hybridized carbons (Fsp3) is 0.722. The summed E-state index contributed by atoms with van der Waals surface area (Å²) in [6.07, 6.45) is 6.67. The Hall–Kier alpha value is -1.32. The van der Waals surface area contributed by atoms with E-state index in [2.05, 4.69) is 10.3 Å². The topological polar surface area (TPSA) is 91.7 Å². The first-order valence-electron chi connectivity index (χ1n) is 9.67. The second-order valence-corrected chi connectivity index (χ2v) is 11.2. The smallest absolute Gasteiger partial charge is 0.254 e. The fourth-order valence-corrected chi connectivity index (χ4v) is 7.48. The Bertz CT molecular complexity index is 876. The molecule has 148 valence electrons. The van der Waals surface area contributed by atoms with Crippen LogP contribution in [0.3, 0.4) is 0 Å². The monoisotopic (exact) mass is 410 g/mol. The summed E-state index contributed by atoms with van der Waals surface area (Å²) in [5, 5.41) is 3.76. The molecule has 1 aliphatic carbocycles. The number of hydrogen-bond donors (Lipinski definition) is 1. The van der Waals surface area contributed by atoms with E-state index >= 15 is 0 Å². The molecule has 0 radical (unpaired) electrons. The Morgan fingerprint density at radius 2 is 1.81 bits per heavy atom. The number of piperidine rings is 1. The number of amidine groups is 1. The highest BCUT2D eigenvalue weighted by atomic mass is 32.2. The van der Waals surface area contributed by atoms with Crippen LogP contribution in [0, 0.1) is 19.8 Å². The van der Waals surface area contributed by atoms with Crippen molar-refractivity contribution >= 4 is 33.1 Å². The van der Waals surface area contributed by atoms with Gasteiger partial charge in [-0.3, -0.25) is 9.79 Å². The first-order valence-corrected chi connectivity index (χ1v) is 11.9. The molecule has 1 amide bonds. The van der Waals surface area contributed by atoms with Crippen LogP contribution in [0.1, 0.15) is 55.6 Å². The zero-order valence-electron chi connectivity index (χ0n) is 15.8. The Kier molecular flexibility index (Phi) is 4.88. The minimum Gasteiger partial charge on any atom is -0.312 e. The summed E-state index contributed by atoms with van der Waals surface area (Å²) in [5.74, 6) is 1.14. The highest BCUT2D eigenvalue weighted by Gasteiger charge is 2.48. The number of aromatic nitrogens is 1. The molecule has 0 bridgehead atoms. The molecule has 9 heteroatoms. The molecule has 2 aliphatic heterocycles. The molecule has 3 aliphatic rings. The van der Waals surface area contributed by atoms with Gasteiger partial charge in [-0.25, -0.2) is 13.4 Å². The van der Waals surface area contributed by atoms with Crippen LogP contribution in [-0.4, -0.2) is 48.1 Å². The van der Waals surface area contributed by atoms with Gasteiger partial charge in [-0.1, -0.05) is 19.3 Å². The van der Waals surface area contributed by atoms with E-state index < -0.39 is 15.6 Å². The Balaban J connectivity index is 1.50. The van der Waals surface area contributed by atoms with Gasteiger partial charge in [0.25, 0.3) is 15.9 Å². The lowest BCUT2D eigenvalue weighted by molar-refractivity contribution is -0.125. The number of aliphatic imine (C=N–C) groups is 1. The third kappa shape index (κ3) is 3.34. The molecule has 3 heterocycles. The standard InChI is InChI=1S/C18H26N4O3S2/c1-12-16(26-13(2)19-12)27(24,25)22-10-8-18(9-11-22)17(23)20-15(21-18)14-6-4-3-5-7-14/h14H,3-11H2,1-2H3,(H,20,21,23). The van der Waals surface area contributed by atoms with E-state index in [0.29, 0.717) is 41.8 Å². The molecule has 1 saturated heterocycles. The number of carbonyl (C=O) groups is 1. The number of nitrogens with one attached hydrogen (secondary N) is 1. The number of nitrogens with zero attached hydrogens (tertiary/aromatic N) is 3. The van der Waals surface area contributed by atoms with E-state index in [4.69, 9.17) is 4.99 Å². The number of aryl methyl sites for hydroxylation is 2. The van der Waals surface area contributed by atoms with E-state index in [1.54, 1.807) is 6.92 Å². The lowest BCUT2D eigenvalue weighted by Crippen LogP contribution is -2.50. The van der Waals surface area contributed by atoms with Gasteiger partial charge < -0.3 is 5.32 Å². The van der Waals surface area contributed by atoms with Crippen LogP contribution in [0.25, 0.3) is 0 Å². The van der Waals surface area contributed by atoms with Crippen molar-refractivity contribution in [3.05, 3.63) is 10.7 Å². The maximum Gasteiger partial charge on any atom is 0.254 e. The van der Waals surface area contributed by atoms with Crippen LogP contribution in [0.4, 0.5) is 0 Å². The molecule has 2 fully saturated rings. The number of rotatable bonds is 3. The summed E-state index contributed by atoms with van der Waals surface area (Å²) >= 11 is 1.21. The molecule has 0 aromatic carbocycles. The summed E-state index contributed by atoms with van der Waals surface area (Å²) in [5.41, 5.74) is -0.230. The van der Waals surface area contributed by atoms with Crippen LogP contribution in [0.5, 0.6) is 0 Å². The van der Waals surface area contributed by atoms with Gasteiger partial charge in [-0.05, 0) is 39.5 Å². The lowest BCUT2D eigenvalue weighted by atomic mass is 9.88. The van der Waals surface area contributed by atoms with E-state index in [9.17, 15) is 13.2 Å². The highest BCUT2D eigenvalue weighted by Crippen LogP contribution is 2.36. The fourth-order valence-electron chi connectivity index (χ4n) is 4.42. The number of hydrogen-bond acceptors (Lipinski definition) is 6. The Morgan fingerprint density at radius 1 is 1.15 bits per heavy atom. The van der Waals surface area contributed by atoms with E-state index in [1.807, 2.05) is 6.92 Å². The summed E-state index contributed by atoms with van der Waals surface area (Å²) < 4.78 is 27.8. The first-order chi connectivity index (χ1) is 12.8. The van der Waals surface area contributed by atoms with E-state index in [1.165, 1.54) is 34.9 Å². The quantitative estimate of drug-likeness (QED) is 0.828. The second kappa shape index (κ2) is 6.93. The summed E-state index contributed by atoms with van der Waals surface area (Å²) in [7, 11) is -3.56. The highest BCUT2D eigenvalue weighted by molar-refractivity contribution is 7.91. The van der Waals surface area contributed by atoms with Crippen LogP contribution in [-0.2, 0) is 14.8 Å². The molecule has 1 aromatic rings. The van der Waals surface area contributed by atoms with Crippen molar-refractivity contribution in [2.45, 2.75) is 68.5 Å². The van der Waals surface area contributed by atoms with Crippen molar-refractivity contribution in [2.24, 2.45) is 10.9 Å². The van der Waals surface area contributed by atoms with Gasteiger partial charge in [-0.2, -0.15) is 4.31 Å². The van der Waals surface area contributed by atoms with Crippen molar-refractivity contribution in [2.75, 3.05) is 13.1 Å². The van der Waals surface area contributed by atoms with Gasteiger partial charge in [0.1, 0.15) is 11.4 Å². The zero-order chi connectivity index (χ0) is 19.2. The predicted octanol–water partition coefficient (Wildman–Crippen LogP) is 2.39. The third-order valence-electron chi connectivity index (χ3n) is 5.98. The molecular formula is C18H26N4O3S2. The van der Waals surface area contributed by atoms with Crippen LogP contribution in [0.2, 0.25) is 0 Å². The number of carbonyl (C=O) groups excluding carboxylic acids is 1. The van der Waals surface area contributed by atoms with Gasteiger partial charge >= 0.3 is 0 Å². The molecule has 27 heavy (non-hydrogen) atoms. The molecule has 7 nitrogen and oxygen atoms in total. The van der Waals surface area contributed by atoms with Crippen molar-refractivity contribution in [3.8, 4) is 0 Å². The van der Waals surface area contributed by atoms with Gasteiger partial charge in [-0.15, -0.1) is 11.3 Å². The van der Waals surface area contributed by atoms with Crippen molar-refractivity contribution < 1.29 is 13.2 Å². The Labute approximate surface area is 164 Å². The Morgan fingerprint density at radius 3 is 2.41 bits per heavy atom. The first kappa shape index (κ1) is 19.0. The largest absolute Gasteiger partial charge is 0.312 e. The number of thiazole rings is 1. The molecule has 1 saturated carbocycles. The molecule has 1 spiro atoms. The molecular weight excluding hydrogens is 384 g/mol. The molecule has 4 rings (SSSR count). The molecule has 0 atom stereocenters. The normalized spacial score (nSPS) is 24.2. The van der Waals surface area contributed by atoms with Gasteiger partial charge in [0, 0.05) is 19.0 Å².